The van der Waals surface area contributed by atoms with Crippen LogP contribution in [0.1, 0.15) is 144 Å². The highest BCUT2D eigenvalue weighted by Crippen LogP contribution is 2.56. The summed E-state index contributed by atoms with van der Waals surface area (Å²) >= 11 is 0. The molecule has 0 saturated carbocycles. The van der Waals surface area contributed by atoms with Gasteiger partial charge in [0, 0.05) is 0 Å². The van der Waals surface area contributed by atoms with E-state index in [1.165, 1.54) is 121 Å². The fourth-order valence-corrected chi connectivity index (χ4v) is 13.9. The van der Waals surface area contributed by atoms with E-state index in [0.717, 1.165) is 5.66 Å². The molecule has 2 aromatic rings. The van der Waals surface area contributed by atoms with E-state index in [4.69, 9.17) is 0 Å². The third kappa shape index (κ3) is 14.9. The molecule has 0 heterocycles. The molecule has 0 aliphatic carbocycles. The van der Waals surface area contributed by atoms with E-state index in [1.54, 1.807) is 10.6 Å². The Hall–Kier alpha value is -0.700. The van der Waals surface area contributed by atoms with Crippen LogP contribution in [0, 0.1) is 11.3 Å². The fourth-order valence-electron chi connectivity index (χ4n) is 7.11. The van der Waals surface area contributed by atoms with Crippen molar-refractivity contribution in [2.24, 2.45) is 11.3 Å². The first-order valence-corrected chi connectivity index (χ1v) is 21.3. The molecule has 2 heteroatoms. The fraction of sp³-hybridized carbons (Fsp3) is 0.700. The monoisotopic (exact) mass is 610 g/mol. The molecular weight excluding hydrogens is 542 g/mol. The number of hydrogen-bond donors (Lipinski definition) is 0. The van der Waals surface area contributed by atoms with Crippen molar-refractivity contribution < 1.29 is 0 Å². The Bertz CT molecular complexity index is 875. The summed E-state index contributed by atoms with van der Waals surface area (Å²) in [6.07, 6.45) is 26.8. The average Bonchev–Trinajstić information content (AvgIpc) is 2.99. The van der Waals surface area contributed by atoms with E-state index < -0.39 is 0 Å². The van der Waals surface area contributed by atoms with E-state index in [9.17, 15) is 0 Å². The normalized spacial score (nSPS) is 14.3. The van der Waals surface area contributed by atoms with Gasteiger partial charge in [-0.05, 0) is 58.9 Å². The van der Waals surface area contributed by atoms with Gasteiger partial charge in [0.2, 0.25) is 0 Å². The van der Waals surface area contributed by atoms with Crippen molar-refractivity contribution in [2.75, 3.05) is 18.5 Å². The predicted molar refractivity (Wildman–Crippen MR) is 198 cm³/mol. The molecule has 0 amide bonds. The topological polar surface area (TPSA) is 0 Å². The summed E-state index contributed by atoms with van der Waals surface area (Å²) in [6, 6.07) is 23.4. The van der Waals surface area contributed by atoms with E-state index in [0.29, 0.717) is 11.3 Å². The Morgan fingerprint density at radius 1 is 0.524 bits per heavy atom. The first kappa shape index (κ1) is 37.5. The first-order chi connectivity index (χ1) is 20.4. The Balaban J connectivity index is 2.11. The van der Waals surface area contributed by atoms with Gasteiger partial charge in [-0.1, -0.05) is 208 Å². The molecule has 0 aliphatic heterocycles. The van der Waals surface area contributed by atoms with Crippen LogP contribution in [0.4, 0.5) is 0 Å². The zero-order valence-electron chi connectivity index (χ0n) is 28.8. The SMILES string of the molecule is CCCCCCCCCCP(CC(C)(C)C(C(C)C)P(CCCCCCCCCC)c1ccccc1)c1ccccc1. The van der Waals surface area contributed by atoms with Crippen LogP contribution in [0.2, 0.25) is 0 Å². The van der Waals surface area contributed by atoms with Crippen molar-refractivity contribution in [1.82, 2.24) is 0 Å². The number of hydrogen-bond acceptors (Lipinski definition) is 0. The maximum Gasteiger partial charge on any atom is -0.00911 e. The minimum atomic E-state index is -0.192. The Morgan fingerprint density at radius 3 is 1.38 bits per heavy atom. The molecule has 0 fully saturated rings. The van der Waals surface area contributed by atoms with E-state index in [2.05, 4.69) is 102 Å². The summed E-state index contributed by atoms with van der Waals surface area (Å²) in [4.78, 5) is 0. The summed E-state index contributed by atoms with van der Waals surface area (Å²) in [5.41, 5.74) is 1.09. The van der Waals surface area contributed by atoms with Crippen molar-refractivity contribution in [1.29, 1.82) is 0 Å². The van der Waals surface area contributed by atoms with Gasteiger partial charge in [-0.3, -0.25) is 0 Å². The van der Waals surface area contributed by atoms with Crippen molar-refractivity contribution in [3.63, 3.8) is 0 Å². The molecule has 42 heavy (non-hydrogen) atoms. The quantitative estimate of drug-likeness (QED) is 0.0775. The molecule has 238 valence electrons. The third-order valence-corrected chi connectivity index (χ3v) is 15.9. The van der Waals surface area contributed by atoms with Crippen molar-refractivity contribution in [3.05, 3.63) is 60.7 Å². The summed E-state index contributed by atoms with van der Waals surface area (Å²) < 4.78 is 0. The van der Waals surface area contributed by atoms with E-state index in [-0.39, 0.29) is 15.8 Å². The minimum Gasteiger partial charge on any atom is -0.0748 e. The highest BCUT2D eigenvalue weighted by atomic mass is 31.1. The van der Waals surface area contributed by atoms with Crippen LogP contribution in [-0.4, -0.2) is 24.1 Å². The van der Waals surface area contributed by atoms with Crippen LogP contribution in [-0.2, 0) is 0 Å². The number of rotatable bonds is 25. The average molecular weight is 611 g/mol. The molecule has 0 saturated heterocycles. The standard InChI is InChI=1S/C40H68P2/c1-7-9-11-13-15-17-19-27-33-41(37-29-23-21-24-30-37)35-40(5,6)39(36(3)4)42(38-31-25-22-26-32-38)34-28-20-18-16-14-12-10-8-2/h21-26,29-32,36,39H,7-20,27-28,33-35H2,1-6H3. The molecular formula is C40H68P2. The Labute approximate surface area is 266 Å². The molecule has 2 rings (SSSR count). The van der Waals surface area contributed by atoms with Crippen molar-refractivity contribution in [3.8, 4) is 0 Å². The molecule has 0 nitrogen and oxygen atoms in total. The van der Waals surface area contributed by atoms with Crippen LogP contribution in [0.3, 0.4) is 0 Å². The Morgan fingerprint density at radius 2 is 0.929 bits per heavy atom. The highest BCUT2D eigenvalue weighted by Gasteiger charge is 2.39. The lowest BCUT2D eigenvalue weighted by Crippen LogP contribution is -2.38. The predicted octanol–water partition coefficient (Wildman–Crippen LogP) is 12.9. The number of unbranched alkanes of at least 4 members (excludes halogenated alkanes) is 14. The largest absolute Gasteiger partial charge is 0.0748 e. The smallest absolute Gasteiger partial charge is 0.00911 e. The highest BCUT2D eigenvalue weighted by molar-refractivity contribution is 7.67. The second kappa shape index (κ2) is 22.8. The van der Waals surface area contributed by atoms with Crippen molar-refractivity contribution >= 4 is 26.5 Å². The molecule has 0 aromatic heterocycles. The second-order valence-corrected chi connectivity index (χ2v) is 18.7. The third-order valence-electron chi connectivity index (χ3n) is 9.11. The van der Waals surface area contributed by atoms with Gasteiger partial charge in [-0.25, -0.2) is 0 Å². The maximum absolute atomic E-state index is 2.65. The van der Waals surface area contributed by atoms with Gasteiger partial charge < -0.3 is 0 Å². The second-order valence-electron chi connectivity index (χ2n) is 13.9. The van der Waals surface area contributed by atoms with Crippen LogP contribution in [0.5, 0.6) is 0 Å². The van der Waals surface area contributed by atoms with Crippen LogP contribution in [0.15, 0.2) is 60.7 Å². The number of benzene rings is 2. The molecule has 3 atom stereocenters. The lowest BCUT2D eigenvalue weighted by Gasteiger charge is -2.45. The zero-order valence-corrected chi connectivity index (χ0v) is 30.5. The Kier molecular flexibility index (Phi) is 20.3. The lowest BCUT2D eigenvalue weighted by atomic mass is 9.85. The molecule has 0 aliphatic rings. The van der Waals surface area contributed by atoms with Gasteiger partial charge in [-0.2, -0.15) is 0 Å². The van der Waals surface area contributed by atoms with Gasteiger partial charge in [0.05, 0.1) is 0 Å². The summed E-state index contributed by atoms with van der Waals surface area (Å²) in [6.45, 7) is 15.0. The molecule has 0 N–H and O–H groups in total. The van der Waals surface area contributed by atoms with Crippen LogP contribution >= 0.6 is 15.8 Å². The van der Waals surface area contributed by atoms with E-state index >= 15 is 0 Å². The van der Waals surface area contributed by atoms with E-state index in [1.807, 2.05) is 0 Å². The molecule has 0 spiro atoms. The van der Waals surface area contributed by atoms with Gasteiger partial charge in [-0.15, -0.1) is 0 Å². The molecule has 0 bridgehead atoms. The van der Waals surface area contributed by atoms with Gasteiger partial charge in [0.15, 0.2) is 0 Å². The van der Waals surface area contributed by atoms with Crippen molar-refractivity contribution in [2.45, 2.75) is 150 Å². The van der Waals surface area contributed by atoms with Gasteiger partial charge in [0.25, 0.3) is 0 Å². The van der Waals surface area contributed by atoms with Gasteiger partial charge in [0.1, 0.15) is 0 Å². The van der Waals surface area contributed by atoms with Crippen LogP contribution in [0.25, 0.3) is 0 Å². The summed E-state index contributed by atoms with van der Waals surface area (Å²) in [7, 11) is -0.333. The molecule has 3 unspecified atom stereocenters. The zero-order chi connectivity index (χ0) is 30.5. The maximum atomic E-state index is 2.65. The molecule has 0 radical (unpaired) electrons. The van der Waals surface area contributed by atoms with Gasteiger partial charge >= 0.3 is 0 Å². The lowest BCUT2D eigenvalue weighted by molar-refractivity contribution is 0.336. The molecule has 2 aromatic carbocycles. The minimum absolute atomic E-state index is 0.141. The van der Waals surface area contributed by atoms with Crippen LogP contribution < -0.4 is 10.6 Å². The summed E-state index contributed by atoms with van der Waals surface area (Å²) in [5, 5.41) is 3.28. The summed E-state index contributed by atoms with van der Waals surface area (Å²) in [5.74, 6) is 0.705. The first-order valence-electron chi connectivity index (χ1n) is 18.0.